The van der Waals surface area contributed by atoms with E-state index >= 15 is 0 Å². The Morgan fingerprint density at radius 3 is 2.81 bits per heavy atom. The maximum Gasteiger partial charge on any atom is 0.226 e. The third kappa shape index (κ3) is 6.08. The molecule has 0 radical (unpaired) electrons. The molecule has 0 unspecified atom stereocenters. The van der Waals surface area contributed by atoms with Gasteiger partial charge in [0.1, 0.15) is 6.26 Å². The number of nitrogens with one attached hydrogen (secondary N) is 1. The largest absolute Gasteiger partial charge is 0.444 e. The van der Waals surface area contributed by atoms with Gasteiger partial charge in [0.15, 0.2) is 0 Å². The summed E-state index contributed by atoms with van der Waals surface area (Å²) < 4.78 is 11.3. The van der Waals surface area contributed by atoms with E-state index in [9.17, 15) is 4.79 Å². The fourth-order valence-electron chi connectivity index (χ4n) is 3.50. The summed E-state index contributed by atoms with van der Waals surface area (Å²) in [7, 11) is 0. The molecule has 0 bridgehead atoms. The number of ether oxygens (including phenoxy) is 1. The highest BCUT2D eigenvalue weighted by molar-refractivity contribution is 6.42. The Kier molecular flexibility index (Phi) is 7.25. The van der Waals surface area contributed by atoms with E-state index in [-0.39, 0.29) is 18.4 Å². The van der Waals surface area contributed by atoms with Crippen LogP contribution < -0.4 is 5.32 Å². The van der Waals surface area contributed by atoms with Gasteiger partial charge in [0, 0.05) is 31.7 Å². The van der Waals surface area contributed by atoms with Crippen molar-refractivity contribution in [1.82, 2.24) is 15.2 Å². The lowest BCUT2D eigenvalue weighted by atomic mass is 10.2. The zero-order valence-corrected chi connectivity index (χ0v) is 18.4. The van der Waals surface area contributed by atoms with E-state index in [2.05, 4.69) is 15.2 Å². The zero-order valence-electron chi connectivity index (χ0n) is 16.9. The van der Waals surface area contributed by atoms with Gasteiger partial charge in [-0.15, -0.1) is 0 Å². The lowest BCUT2D eigenvalue weighted by molar-refractivity contribution is -0.121. The predicted molar refractivity (Wildman–Crippen MR) is 120 cm³/mol. The fraction of sp³-hybridized carbons (Fsp3) is 0.304. The number of hydrogen-bond donors (Lipinski definition) is 1. The molecule has 1 aliphatic heterocycles. The minimum absolute atomic E-state index is 0.0716. The first-order valence-corrected chi connectivity index (χ1v) is 10.9. The molecule has 1 atom stereocenters. The number of carbonyl (C=O) groups is 1. The number of amides is 1. The number of halogens is 2. The minimum Gasteiger partial charge on any atom is -0.444 e. The summed E-state index contributed by atoms with van der Waals surface area (Å²) in [6.45, 7) is 3.37. The van der Waals surface area contributed by atoms with Crippen LogP contribution in [0.3, 0.4) is 0 Å². The van der Waals surface area contributed by atoms with Gasteiger partial charge in [0.25, 0.3) is 0 Å². The molecule has 1 fully saturated rings. The summed E-state index contributed by atoms with van der Waals surface area (Å²) in [5, 5.41) is 4.05. The van der Waals surface area contributed by atoms with Crippen LogP contribution in [0.5, 0.6) is 0 Å². The molecule has 1 saturated heterocycles. The Morgan fingerprint density at radius 1 is 1.16 bits per heavy atom. The van der Waals surface area contributed by atoms with Crippen LogP contribution in [0.1, 0.15) is 11.3 Å². The monoisotopic (exact) mass is 459 g/mol. The van der Waals surface area contributed by atoms with Crippen LogP contribution >= 0.6 is 23.2 Å². The maximum absolute atomic E-state index is 12.4. The number of benzene rings is 2. The van der Waals surface area contributed by atoms with Gasteiger partial charge in [-0.25, -0.2) is 4.98 Å². The molecular formula is C23H23Cl2N3O3. The summed E-state index contributed by atoms with van der Waals surface area (Å²) in [6.07, 6.45) is 1.62. The van der Waals surface area contributed by atoms with E-state index in [1.807, 2.05) is 48.5 Å². The van der Waals surface area contributed by atoms with E-state index in [0.29, 0.717) is 34.8 Å². The Balaban J connectivity index is 1.24. The third-order valence-corrected chi connectivity index (χ3v) is 5.79. The Bertz CT molecular complexity index is 1030. The molecule has 1 amide bonds. The van der Waals surface area contributed by atoms with Crippen molar-refractivity contribution in [3.05, 3.63) is 76.1 Å². The Labute approximate surface area is 191 Å². The molecule has 162 valence electrons. The van der Waals surface area contributed by atoms with Crippen LogP contribution in [0.2, 0.25) is 10.0 Å². The molecule has 2 aromatic carbocycles. The van der Waals surface area contributed by atoms with Crippen molar-refractivity contribution in [1.29, 1.82) is 0 Å². The number of aromatic nitrogens is 1. The van der Waals surface area contributed by atoms with Crippen molar-refractivity contribution in [3.8, 4) is 11.5 Å². The second-order valence-corrected chi connectivity index (χ2v) is 8.28. The highest BCUT2D eigenvalue weighted by Crippen LogP contribution is 2.23. The van der Waals surface area contributed by atoms with Crippen molar-refractivity contribution >= 4 is 29.1 Å². The first-order chi connectivity index (χ1) is 15.1. The average Bonchev–Trinajstić information content (AvgIpc) is 3.24. The summed E-state index contributed by atoms with van der Waals surface area (Å²) in [6, 6.07) is 15.3. The van der Waals surface area contributed by atoms with Crippen LogP contribution in [0, 0.1) is 0 Å². The molecule has 0 saturated carbocycles. The van der Waals surface area contributed by atoms with E-state index in [0.717, 1.165) is 30.8 Å². The van der Waals surface area contributed by atoms with Gasteiger partial charge in [-0.05, 0) is 29.8 Å². The standard InChI is InChI=1S/C23H23Cl2N3O3/c24-20-7-6-16(10-21(20)25)13-28-8-9-30-19(14-28)12-26-22(29)11-18-15-31-23(27-18)17-4-2-1-3-5-17/h1-7,10,15,19H,8-9,11-14H2,(H,26,29)/t19-/m0/s1. The van der Waals surface area contributed by atoms with Crippen LogP contribution in [0.4, 0.5) is 0 Å². The van der Waals surface area contributed by atoms with E-state index < -0.39 is 0 Å². The second kappa shape index (κ2) is 10.3. The van der Waals surface area contributed by atoms with E-state index in [1.165, 1.54) is 6.26 Å². The lowest BCUT2D eigenvalue weighted by Crippen LogP contribution is -2.47. The van der Waals surface area contributed by atoms with Gasteiger partial charge in [-0.3, -0.25) is 9.69 Å². The molecule has 1 aromatic heterocycles. The molecule has 1 aliphatic rings. The molecule has 0 spiro atoms. The molecule has 1 N–H and O–H groups in total. The molecular weight excluding hydrogens is 437 g/mol. The summed E-state index contributed by atoms with van der Waals surface area (Å²) in [5.41, 5.74) is 2.58. The van der Waals surface area contributed by atoms with E-state index in [1.54, 1.807) is 0 Å². The third-order valence-electron chi connectivity index (χ3n) is 5.05. The Morgan fingerprint density at radius 2 is 2.00 bits per heavy atom. The van der Waals surface area contributed by atoms with Gasteiger partial charge in [0.05, 0.1) is 34.9 Å². The van der Waals surface area contributed by atoms with Crippen LogP contribution in [-0.2, 0) is 22.5 Å². The van der Waals surface area contributed by atoms with Gasteiger partial charge in [0.2, 0.25) is 11.8 Å². The van der Waals surface area contributed by atoms with Crippen molar-refractivity contribution in [2.45, 2.75) is 19.1 Å². The maximum atomic E-state index is 12.4. The van der Waals surface area contributed by atoms with Gasteiger partial charge >= 0.3 is 0 Å². The highest BCUT2D eigenvalue weighted by Gasteiger charge is 2.21. The molecule has 8 heteroatoms. The van der Waals surface area contributed by atoms with Crippen molar-refractivity contribution < 1.29 is 13.9 Å². The van der Waals surface area contributed by atoms with Crippen molar-refractivity contribution in [2.75, 3.05) is 26.2 Å². The van der Waals surface area contributed by atoms with Crippen molar-refractivity contribution in [2.24, 2.45) is 0 Å². The van der Waals surface area contributed by atoms with Gasteiger partial charge in [-0.1, -0.05) is 47.5 Å². The SMILES string of the molecule is O=C(Cc1coc(-c2ccccc2)n1)NC[C@H]1CN(Cc2ccc(Cl)c(Cl)c2)CCO1. The number of carbonyl (C=O) groups excluding carboxylic acids is 1. The first kappa shape index (κ1) is 21.8. The molecule has 0 aliphatic carbocycles. The van der Waals surface area contributed by atoms with Gasteiger partial charge in [-0.2, -0.15) is 0 Å². The van der Waals surface area contributed by atoms with E-state index in [4.69, 9.17) is 32.4 Å². The predicted octanol–water partition coefficient (Wildman–Crippen LogP) is 4.21. The quantitative estimate of drug-likeness (QED) is 0.572. The summed E-state index contributed by atoms with van der Waals surface area (Å²) >= 11 is 12.1. The summed E-state index contributed by atoms with van der Waals surface area (Å²) in [5.74, 6) is 0.398. The zero-order chi connectivity index (χ0) is 21.6. The second-order valence-electron chi connectivity index (χ2n) is 7.47. The molecule has 2 heterocycles. The fourth-order valence-corrected chi connectivity index (χ4v) is 3.82. The number of nitrogens with zero attached hydrogens (tertiary/aromatic N) is 2. The number of morpholine rings is 1. The molecule has 3 aromatic rings. The lowest BCUT2D eigenvalue weighted by Gasteiger charge is -2.33. The normalized spacial score (nSPS) is 16.9. The highest BCUT2D eigenvalue weighted by atomic mass is 35.5. The topological polar surface area (TPSA) is 67.6 Å². The molecule has 31 heavy (non-hydrogen) atoms. The number of oxazole rings is 1. The number of rotatable bonds is 7. The number of hydrogen-bond acceptors (Lipinski definition) is 5. The van der Waals surface area contributed by atoms with Crippen LogP contribution in [0.25, 0.3) is 11.5 Å². The smallest absolute Gasteiger partial charge is 0.226 e. The first-order valence-electron chi connectivity index (χ1n) is 10.1. The van der Waals surface area contributed by atoms with Crippen LogP contribution in [-0.4, -0.2) is 48.1 Å². The minimum atomic E-state index is -0.113. The Hall–Kier alpha value is -2.38. The molecule has 6 nitrogen and oxygen atoms in total. The van der Waals surface area contributed by atoms with Gasteiger partial charge < -0.3 is 14.5 Å². The van der Waals surface area contributed by atoms with Crippen molar-refractivity contribution in [3.63, 3.8) is 0 Å². The average molecular weight is 460 g/mol. The summed E-state index contributed by atoms with van der Waals surface area (Å²) in [4.78, 5) is 19.0. The van der Waals surface area contributed by atoms with Crippen LogP contribution in [0.15, 0.2) is 59.2 Å². The molecule has 4 rings (SSSR count).